The second-order valence-electron chi connectivity index (χ2n) is 4.62. The first kappa shape index (κ1) is 13.8. The lowest BCUT2D eigenvalue weighted by atomic mass is 10.2. The fraction of sp³-hybridized carbons (Fsp3) is 0.385. The van der Waals surface area contributed by atoms with Gasteiger partial charge in [0.15, 0.2) is 0 Å². The molecular weight excluding hydrogens is 260 g/mol. The lowest BCUT2D eigenvalue weighted by molar-refractivity contribution is -0.384. The Morgan fingerprint density at radius 1 is 1.50 bits per heavy atom. The van der Waals surface area contributed by atoms with Crippen molar-refractivity contribution in [3.63, 3.8) is 0 Å². The van der Waals surface area contributed by atoms with Crippen LogP contribution in [0.3, 0.4) is 0 Å². The van der Waals surface area contributed by atoms with Crippen LogP contribution in [0.1, 0.15) is 24.8 Å². The van der Waals surface area contributed by atoms with Gasteiger partial charge >= 0.3 is 0 Å². The van der Waals surface area contributed by atoms with E-state index in [2.05, 4.69) is 10.6 Å². The van der Waals surface area contributed by atoms with E-state index in [9.17, 15) is 14.9 Å². The first-order chi connectivity index (χ1) is 9.60. The second kappa shape index (κ2) is 6.02. The molecule has 1 fully saturated rings. The van der Waals surface area contributed by atoms with Crippen LogP contribution in [0.5, 0.6) is 0 Å². The molecule has 7 nitrogen and oxygen atoms in total. The molecule has 104 valence electrons. The van der Waals surface area contributed by atoms with Crippen molar-refractivity contribution in [2.24, 2.45) is 0 Å². The van der Waals surface area contributed by atoms with Gasteiger partial charge in [-0.25, -0.2) is 0 Å². The number of nitrogens with zero attached hydrogens (tertiary/aromatic N) is 2. The van der Waals surface area contributed by atoms with Gasteiger partial charge in [-0.3, -0.25) is 14.9 Å². The maximum atomic E-state index is 11.5. The van der Waals surface area contributed by atoms with Crippen molar-refractivity contribution in [1.29, 1.82) is 5.26 Å². The summed E-state index contributed by atoms with van der Waals surface area (Å²) in [5.41, 5.74) is 0.383. The van der Waals surface area contributed by atoms with E-state index in [0.29, 0.717) is 18.3 Å². The average molecular weight is 274 g/mol. The highest BCUT2D eigenvalue weighted by molar-refractivity contribution is 5.77. The molecule has 7 heteroatoms. The maximum Gasteiger partial charge on any atom is 0.293 e. The molecule has 0 spiro atoms. The van der Waals surface area contributed by atoms with Gasteiger partial charge < -0.3 is 10.6 Å². The molecule has 0 heterocycles. The highest BCUT2D eigenvalue weighted by Crippen LogP contribution is 2.25. The molecule has 1 amide bonds. The van der Waals surface area contributed by atoms with Gasteiger partial charge in [-0.05, 0) is 25.0 Å². The predicted octanol–water partition coefficient (Wildman–Crippen LogP) is 1.55. The molecule has 2 N–H and O–H groups in total. The van der Waals surface area contributed by atoms with Crippen LogP contribution in [-0.2, 0) is 4.79 Å². The van der Waals surface area contributed by atoms with E-state index in [4.69, 9.17) is 5.26 Å². The molecule has 0 aliphatic heterocycles. The fourth-order valence-corrected chi connectivity index (χ4v) is 1.74. The molecule has 0 aromatic heterocycles. The summed E-state index contributed by atoms with van der Waals surface area (Å²) in [4.78, 5) is 21.8. The van der Waals surface area contributed by atoms with E-state index in [-0.39, 0.29) is 23.6 Å². The van der Waals surface area contributed by atoms with Gasteiger partial charge in [-0.2, -0.15) is 5.26 Å². The zero-order valence-electron chi connectivity index (χ0n) is 10.8. The molecular formula is C13H14N4O3. The monoisotopic (exact) mass is 274 g/mol. The summed E-state index contributed by atoms with van der Waals surface area (Å²) in [6.07, 6.45) is 2.31. The van der Waals surface area contributed by atoms with E-state index in [1.165, 1.54) is 18.2 Å². The third-order valence-electron chi connectivity index (χ3n) is 2.93. The molecule has 1 aromatic rings. The molecule has 0 radical (unpaired) electrons. The number of amides is 1. The van der Waals surface area contributed by atoms with Crippen molar-refractivity contribution in [3.05, 3.63) is 33.9 Å². The minimum Gasteiger partial charge on any atom is -0.379 e. The summed E-state index contributed by atoms with van der Waals surface area (Å²) in [6.45, 7) is 0.311. The minimum atomic E-state index is -0.548. The number of anilines is 1. The fourth-order valence-electron chi connectivity index (χ4n) is 1.74. The van der Waals surface area contributed by atoms with E-state index in [1.54, 1.807) is 0 Å². The number of nitro benzene ring substituents is 1. The first-order valence-corrected chi connectivity index (χ1v) is 6.32. The third-order valence-corrected chi connectivity index (χ3v) is 2.93. The molecule has 2 rings (SSSR count). The van der Waals surface area contributed by atoms with Crippen molar-refractivity contribution in [2.75, 3.05) is 11.9 Å². The van der Waals surface area contributed by atoms with Crippen molar-refractivity contribution in [2.45, 2.75) is 25.3 Å². The van der Waals surface area contributed by atoms with E-state index in [0.717, 1.165) is 12.8 Å². The first-order valence-electron chi connectivity index (χ1n) is 6.32. The van der Waals surface area contributed by atoms with Crippen LogP contribution in [0.4, 0.5) is 11.4 Å². The Labute approximate surface area is 115 Å². The molecule has 0 bridgehead atoms. The molecule has 1 aliphatic rings. The number of nitro groups is 1. The molecule has 0 atom stereocenters. The van der Waals surface area contributed by atoms with Gasteiger partial charge in [0.2, 0.25) is 5.91 Å². The topological polar surface area (TPSA) is 108 Å². The predicted molar refractivity (Wildman–Crippen MR) is 72.1 cm³/mol. The van der Waals surface area contributed by atoms with Crippen LogP contribution in [0.25, 0.3) is 0 Å². The minimum absolute atomic E-state index is 0.0590. The normalized spacial score (nSPS) is 13.3. The molecule has 20 heavy (non-hydrogen) atoms. The third kappa shape index (κ3) is 3.68. The lowest BCUT2D eigenvalue weighted by Gasteiger charge is -2.07. The second-order valence-corrected chi connectivity index (χ2v) is 4.62. The van der Waals surface area contributed by atoms with Crippen molar-refractivity contribution < 1.29 is 9.72 Å². The van der Waals surface area contributed by atoms with Crippen LogP contribution >= 0.6 is 0 Å². The van der Waals surface area contributed by atoms with Gasteiger partial charge in [0.25, 0.3) is 5.69 Å². The summed E-state index contributed by atoms with van der Waals surface area (Å²) in [7, 11) is 0. The smallest absolute Gasteiger partial charge is 0.293 e. The van der Waals surface area contributed by atoms with Crippen LogP contribution in [-0.4, -0.2) is 23.4 Å². The average Bonchev–Trinajstić information content (AvgIpc) is 3.22. The number of carbonyl (C=O) groups excluding carboxylic acids is 1. The number of hydrogen-bond acceptors (Lipinski definition) is 5. The number of carbonyl (C=O) groups is 1. The number of rotatable bonds is 6. The van der Waals surface area contributed by atoms with Crippen LogP contribution in [0, 0.1) is 21.4 Å². The molecule has 1 aromatic carbocycles. The summed E-state index contributed by atoms with van der Waals surface area (Å²) in [5, 5.41) is 25.3. The van der Waals surface area contributed by atoms with Crippen molar-refractivity contribution >= 4 is 17.3 Å². The zero-order chi connectivity index (χ0) is 14.5. The van der Waals surface area contributed by atoms with Crippen LogP contribution < -0.4 is 10.6 Å². The maximum absolute atomic E-state index is 11.5. The largest absolute Gasteiger partial charge is 0.379 e. The summed E-state index contributed by atoms with van der Waals surface area (Å²) in [6, 6.07) is 6.36. The zero-order valence-corrected chi connectivity index (χ0v) is 10.8. The highest BCUT2D eigenvalue weighted by atomic mass is 16.6. The Hall–Kier alpha value is -2.62. The summed E-state index contributed by atoms with van der Waals surface area (Å²) < 4.78 is 0. The van der Waals surface area contributed by atoms with Gasteiger partial charge in [0, 0.05) is 25.1 Å². The SMILES string of the molecule is N#Cc1ccc(NCCC(=O)NC2CC2)c([N+](=O)[O-])c1. The van der Waals surface area contributed by atoms with E-state index in [1.807, 2.05) is 6.07 Å². The van der Waals surface area contributed by atoms with Crippen LogP contribution in [0.2, 0.25) is 0 Å². The van der Waals surface area contributed by atoms with Gasteiger partial charge in [0.05, 0.1) is 16.6 Å². The van der Waals surface area contributed by atoms with Gasteiger partial charge in [-0.1, -0.05) is 0 Å². The van der Waals surface area contributed by atoms with Gasteiger partial charge in [0.1, 0.15) is 5.69 Å². The van der Waals surface area contributed by atoms with E-state index >= 15 is 0 Å². The summed E-state index contributed by atoms with van der Waals surface area (Å²) in [5.74, 6) is -0.0590. The Balaban J connectivity index is 1.92. The summed E-state index contributed by atoms with van der Waals surface area (Å²) >= 11 is 0. The molecule has 0 saturated heterocycles. The van der Waals surface area contributed by atoms with Crippen LogP contribution in [0.15, 0.2) is 18.2 Å². The Morgan fingerprint density at radius 3 is 2.85 bits per heavy atom. The number of hydrogen-bond donors (Lipinski definition) is 2. The highest BCUT2D eigenvalue weighted by Gasteiger charge is 2.23. The number of nitriles is 1. The molecule has 0 unspecified atom stereocenters. The Kier molecular flexibility index (Phi) is 4.15. The molecule has 1 aliphatic carbocycles. The Morgan fingerprint density at radius 2 is 2.25 bits per heavy atom. The van der Waals surface area contributed by atoms with E-state index < -0.39 is 4.92 Å². The number of benzene rings is 1. The Bertz CT molecular complexity index is 575. The lowest BCUT2D eigenvalue weighted by Crippen LogP contribution is -2.27. The quantitative estimate of drug-likeness (QED) is 0.604. The van der Waals surface area contributed by atoms with Crippen molar-refractivity contribution in [1.82, 2.24) is 5.32 Å². The standard InChI is InChI=1S/C13H14N4O3/c14-8-9-1-4-11(12(7-9)17(19)20)15-6-5-13(18)16-10-2-3-10/h1,4,7,10,15H,2-3,5-6H2,(H,16,18). The number of nitrogens with one attached hydrogen (secondary N) is 2. The molecule has 1 saturated carbocycles. The van der Waals surface area contributed by atoms with Crippen molar-refractivity contribution in [3.8, 4) is 6.07 Å². The van der Waals surface area contributed by atoms with Gasteiger partial charge in [-0.15, -0.1) is 0 Å².